The SMILES string of the molecule is CC/C=C\C/C=C\C/C=C\CCCCCCCCOCC(COP(=O)([O-])OCC[N+](C)(C)C)OC(=O)CCCCCCCCCC. The first-order valence-electron chi connectivity index (χ1n) is 18.2. The maximum absolute atomic E-state index is 12.5. The second kappa shape index (κ2) is 31.0. The monoisotopic (exact) mass is 671 g/mol. The number of unbranched alkanes of at least 4 members (excludes halogenated alkanes) is 13. The highest BCUT2D eigenvalue weighted by Crippen LogP contribution is 2.38. The molecule has 0 amide bonds. The van der Waals surface area contributed by atoms with Gasteiger partial charge in [-0.05, 0) is 44.9 Å². The van der Waals surface area contributed by atoms with Gasteiger partial charge in [0.15, 0.2) is 0 Å². The molecular weight excluding hydrogens is 601 g/mol. The Balaban J connectivity index is 4.28. The molecule has 0 saturated heterocycles. The Hall–Kier alpha value is -1.28. The van der Waals surface area contributed by atoms with Crippen LogP contribution in [0.2, 0.25) is 0 Å². The van der Waals surface area contributed by atoms with Crippen molar-refractivity contribution in [2.45, 2.75) is 142 Å². The van der Waals surface area contributed by atoms with E-state index in [4.69, 9.17) is 18.5 Å². The molecule has 8 nitrogen and oxygen atoms in total. The number of phosphoric ester groups is 1. The van der Waals surface area contributed by atoms with E-state index in [1.165, 1.54) is 51.4 Å². The number of nitrogens with zero attached hydrogens (tertiary/aromatic N) is 1. The van der Waals surface area contributed by atoms with Crippen molar-refractivity contribution in [1.29, 1.82) is 0 Å². The van der Waals surface area contributed by atoms with Crippen molar-refractivity contribution >= 4 is 13.8 Å². The van der Waals surface area contributed by atoms with Crippen molar-refractivity contribution in [3.63, 3.8) is 0 Å². The fourth-order valence-corrected chi connectivity index (χ4v) is 5.35. The van der Waals surface area contributed by atoms with Crippen molar-refractivity contribution in [2.24, 2.45) is 0 Å². The molecule has 0 N–H and O–H groups in total. The average Bonchev–Trinajstić information content (AvgIpc) is 2.99. The summed E-state index contributed by atoms with van der Waals surface area (Å²) in [6, 6.07) is 0. The van der Waals surface area contributed by atoms with E-state index in [1.807, 2.05) is 21.1 Å². The van der Waals surface area contributed by atoms with E-state index in [9.17, 15) is 14.3 Å². The third kappa shape index (κ3) is 34.1. The standard InChI is InChI=1S/C37H70NO7P/c1-6-8-10-12-14-16-17-18-19-20-21-22-23-25-27-29-32-42-34-36(35-44-46(40,41)43-33-31-38(3,4)5)45-37(39)30-28-26-24-15-13-11-9-7-2/h8,10,14,16,18-19,36H,6-7,9,11-13,15,17,20-35H2,1-5H3/b10-8-,16-14-,19-18-. The second-order valence-electron chi connectivity index (χ2n) is 13.2. The Kier molecular flexibility index (Phi) is 30.2. The molecule has 2 unspecified atom stereocenters. The number of rotatable bonds is 33. The van der Waals surface area contributed by atoms with Gasteiger partial charge in [-0.3, -0.25) is 9.36 Å². The van der Waals surface area contributed by atoms with Crippen LogP contribution in [0.5, 0.6) is 0 Å². The quantitative estimate of drug-likeness (QED) is 0.0226. The summed E-state index contributed by atoms with van der Waals surface area (Å²) < 4.78 is 34.3. The lowest BCUT2D eigenvalue weighted by Crippen LogP contribution is -2.37. The fraction of sp³-hybridized carbons (Fsp3) is 0.811. The van der Waals surface area contributed by atoms with Gasteiger partial charge >= 0.3 is 5.97 Å². The summed E-state index contributed by atoms with van der Waals surface area (Å²) in [5, 5.41) is 0. The smallest absolute Gasteiger partial charge is 0.306 e. The lowest BCUT2D eigenvalue weighted by molar-refractivity contribution is -0.870. The van der Waals surface area contributed by atoms with Crippen molar-refractivity contribution < 1.29 is 37.3 Å². The van der Waals surface area contributed by atoms with Gasteiger partial charge in [0.2, 0.25) is 0 Å². The highest BCUT2D eigenvalue weighted by Gasteiger charge is 2.20. The number of carbonyl (C=O) groups excluding carboxylic acids is 1. The Bertz CT molecular complexity index is 838. The molecule has 0 aromatic rings. The van der Waals surface area contributed by atoms with Gasteiger partial charge in [0.1, 0.15) is 19.3 Å². The summed E-state index contributed by atoms with van der Waals surface area (Å²) in [7, 11) is 1.34. The Morgan fingerprint density at radius 3 is 1.89 bits per heavy atom. The number of hydrogen-bond donors (Lipinski definition) is 0. The maximum Gasteiger partial charge on any atom is 0.306 e. The molecule has 0 aromatic heterocycles. The third-order valence-electron chi connectivity index (χ3n) is 7.46. The first kappa shape index (κ1) is 44.7. The maximum atomic E-state index is 12.5. The molecule has 0 aliphatic rings. The molecule has 46 heavy (non-hydrogen) atoms. The Morgan fingerprint density at radius 1 is 0.696 bits per heavy atom. The van der Waals surface area contributed by atoms with Crippen LogP contribution >= 0.6 is 7.82 Å². The molecule has 0 saturated carbocycles. The summed E-state index contributed by atoms with van der Waals surface area (Å²) >= 11 is 0. The van der Waals surface area contributed by atoms with Gasteiger partial charge in [0.05, 0.1) is 34.4 Å². The van der Waals surface area contributed by atoms with Gasteiger partial charge in [0, 0.05) is 13.0 Å². The van der Waals surface area contributed by atoms with Crippen molar-refractivity contribution in [2.75, 3.05) is 54.1 Å². The molecule has 2 atom stereocenters. The summed E-state index contributed by atoms with van der Waals surface area (Å²) in [6.45, 7) is 5.22. The first-order valence-corrected chi connectivity index (χ1v) is 19.7. The molecule has 0 aromatic carbocycles. The molecule has 0 rings (SSSR count). The number of quaternary nitrogens is 1. The minimum absolute atomic E-state index is 0.0232. The van der Waals surface area contributed by atoms with Crippen LogP contribution in [-0.4, -0.2) is 70.7 Å². The molecule has 270 valence electrons. The van der Waals surface area contributed by atoms with Gasteiger partial charge < -0.3 is 27.9 Å². The molecule has 0 fully saturated rings. The predicted octanol–water partition coefficient (Wildman–Crippen LogP) is 9.24. The number of phosphoric acid groups is 1. The minimum Gasteiger partial charge on any atom is -0.756 e. The van der Waals surface area contributed by atoms with Crippen LogP contribution in [0, 0.1) is 0 Å². The average molecular weight is 672 g/mol. The Morgan fingerprint density at radius 2 is 1.26 bits per heavy atom. The predicted molar refractivity (Wildman–Crippen MR) is 190 cm³/mol. The van der Waals surface area contributed by atoms with Crippen molar-refractivity contribution in [3.8, 4) is 0 Å². The summed E-state index contributed by atoms with van der Waals surface area (Å²) in [4.78, 5) is 24.8. The van der Waals surface area contributed by atoms with Crippen molar-refractivity contribution in [1.82, 2.24) is 0 Å². The van der Waals surface area contributed by atoms with Crippen LogP contribution in [0.1, 0.15) is 136 Å². The molecule has 9 heteroatoms. The fourth-order valence-electron chi connectivity index (χ4n) is 4.62. The number of carbonyl (C=O) groups is 1. The zero-order valence-electron chi connectivity index (χ0n) is 30.3. The van der Waals surface area contributed by atoms with Crippen LogP contribution in [0.4, 0.5) is 0 Å². The number of likely N-dealkylation sites (N-methyl/N-ethyl adjacent to an activating group) is 1. The normalized spacial score (nSPS) is 14.5. The van der Waals surface area contributed by atoms with E-state index in [0.29, 0.717) is 24.1 Å². The molecule has 0 spiro atoms. The minimum atomic E-state index is -4.51. The van der Waals surface area contributed by atoms with E-state index in [0.717, 1.165) is 64.2 Å². The molecule has 0 aliphatic heterocycles. The second-order valence-corrected chi connectivity index (χ2v) is 14.6. The third-order valence-corrected chi connectivity index (χ3v) is 8.42. The number of esters is 1. The lowest BCUT2D eigenvalue weighted by atomic mass is 10.1. The lowest BCUT2D eigenvalue weighted by Gasteiger charge is -2.28. The van der Waals surface area contributed by atoms with Gasteiger partial charge in [-0.25, -0.2) is 0 Å². The number of ether oxygens (including phenoxy) is 2. The zero-order chi connectivity index (χ0) is 34.2. The summed E-state index contributed by atoms with van der Waals surface area (Å²) in [5.74, 6) is -0.346. The van der Waals surface area contributed by atoms with Crippen LogP contribution < -0.4 is 4.89 Å². The van der Waals surface area contributed by atoms with Gasteiger partial charge in [0.25, 0.3) is 7.82 Å². The van der Waals surface area contributed by atoms with E-state index in [-0.39, 0.29) is 25.8 Å². The highest BCUT2D eigenvalue weighted by molar-refractivity contribution is 7.45. The highest BCUT2D eigenvalue weighted by atomic mass is 31.2. The Labute approximate surface area is 283 Å². The van der Waals surface area contributed by atoms with Crippen LogP contribution in [-0.2, 0) is 27.9 Å². The van der Waals surface area contributed by atoms with E-state index in [1.54, 1.807) is 0 Å². The van der Waals surface area contributed by atoms with E-state index in [2.05, 4.69) is 50.3 Å². The number of hydrogen-bond acceptors (Lipinski definition) is 7. The van der Waals surface area contributed by atoms with Crippen LogP contribution in [0.3, 0.4) is 0 Å². The molecule has 0 radical (unpaired) electrons. The van der Waals surface area contributed by atoms with E-state index < -0.39 is 13.9 Å². The van der Waals surface area contributed by atoms with Gasteiger partial charge in [-0.1, -0.05) is 121 Å². The van der Waals surface area contributed by atoms with Gasteiger partial charge in [-0.15, -0.1) is 0 Å². The zero-order valence-corrected chi connectivity index (χ0v) is 31.2. The van der Waals surface area contributed by atoms with Crippen LogP contribution in [0.15, 0.2) is 36.5 Å². The first-order chi connectivity index (χ1) is 22.1. The van der Waals surface area contributed by atoms with Gasteiger partial charge in [-0.2, -0.15) is 0 Å². The summed E-state index contributed by atoms with van der Waals surface area (Å²) in [5.41, 5.74) is 0. The molecule has 0 aliphatic carbocycles. The van der Waals surface area contributed by atoms with E-state index >= 15 is 0 Å². The van der Waals surface area contributed by atoms with Crippen molar-refractivity contribution in [3.05, 3.63) is 36.5 Å². The topological polar surface area (TPSA) is 94.1 Å². The van der Waals surface area contributed by atoms with Crippen LogP contribution in [0.25, 0.3) is 0 Å². The largest absolute Gasteiger partial charge is 0.756 e. The molecular formula is C37H70NO7P. The molecule has 0 bridgehead atoms. The molecule has 0 heterocycles. The summed E-state index contributed by atoms with van der Waals surface area (Å²) in [6.07, 6.45) is 33.0. The number of allylic oxidation sites excluding steroid dienone is 6.